The molecule has 1 aliphatic carbocycles. The van der Waals surface area contributed by atoms with E-state index in [1.807, 2.05) is 54.6 Å². The number of morpholine rings is 1. The molecule has 1 unspecified atom stereocenters. The van der Waals surface area contributed by atoms with Crippen molar-refractivity contribution in [3.8, 4) is 11.1 Å². The smallest absolute Gasteiger partial charge is 0.410 e. The second-order valence-electron chi connectivity index (χ2n) is 8.55. The second kappa shape index (κ2) is 8.77. The van der Waals surface area contributed by atoms with Crippen LogP contribution >= 0.6 is 0 Å². The zero-order chi connectivity index (χ0) is 22.0. The highest BCUT2D eigenvalue weighted by Crippen LogP contribution is 2.44. The highest BCUT2D eigenvalue weighted by molar-refractivity contribution is 5.79. The van der Waals surface area contributed by atoms with E-state index in [4.69, 9.17) is 9.47 Å². The molecular weight excluding hydrogens is 402 g/mol. The van der Waals surface area contributed by atoms with Crippen LogP contribution in [-0.4, -0.2) is 54.6 Å². The van der Waals surface area contributed by atoms with Crippen LogP contribution in [0.25, 0.3) is 11.1 Å². The third kappa shape index (κ3) is 3.68. The lowest BCUT2D eigenvalue weighted by molar-refractivity contribution is -0.0827. The lowest BCUT2D eigenvalue weighted by Gasteiger charge is -2.45. The molecule has 0 bridgehead atoms. The van der Waals surface area contributed by atoms with Crippen molar-refractivity contribution in [1.29, 1.82) is 0 Å². The summed E-state index contributed by atoms with van der Waals surface area (Å²) in [5.74, 6) is 0.00467. The molecule has 5 nitrogen and oxygen atoms in total. The Morgan fingerprint density at radius 3 is 2.25 bits per heavy atom. The van der Waals surface area contributed by atoms with Crippen molar-refractivity contribution in [3.05, 3.63) is 95.6 Å². The Bertz CT molecular complexity index is 1050. The van der Waals surface area contributed by atoms with E-state index in [9.17, 15) is 9.90 Å². The van der Waals surface area contributed by atoms with Crippen molar-refractivity contribution in [1.82, 2.24) is 4.90 Å². The zero-order valence-corrected chi connectivity index (χ0v) is 17.9. The van der Waals surface area contributed by atoms with Crippen LogP contribution in [0.2, 0.25) is 0 Å². The maximum absolute atomic E-state index is 13.3. The van der Waals surface area contributed by atoms with Crippen LogP contribution in [-0.2, 0) is 15.9 Å². The molecule has 3 aromatic carbocycles. The van der Waals surface area contributed by atoms with Gasteiger partial charge in [-0.2, -0.15) is 0 Å². The van der Waals surface area contributed by atoms with Gasteiger partial charge in [-0.3, -0.25) is 4.90 Å². The largest absolute Gasteiger partial charge is 0.448 e. The maximum Gasteiger partial charge on any atom is 0.410 e. The molecule has 32 heavy (non-hydrogen) atoms. The first-order valence-electron chi connectivity index (χ1n) is 11.1. The fourth-order valence-electron chi connectivity index (χ4n) is 5.00. The summed E-state index contributed by atoms with van der Waals surface area (Å²) in [6.07, 6.45) is 0.106. The minimum absolute atomic E-state index is 0.00467. The van der Waals surface area contributed by atoms with Crippen LogP contribution in [0.3, 0.4) is 0 Å². The molecule has 0 spiro atoms. The molecule has 2 aliphatic rings. The minimum Gasteiger partial charge on any atom is -0.448 e. The van der Waals surface area contributed by atoms with Gasteiger partial charge in [-0.15, -0.1) is 0 Å². The number of nitrogens with zero attached hydrogens (tertiary/aromatic N) is 1. The van der Waals surface area contributed by atoms with E-state index >= 15 is 0 Å². The molecular formula is C27H27NO4. The van der Waals surface area contributed by atoms with Gasteiger partial charge in [0.15, 0.2) is 0 Å². The summed E-state index contributed by atoms with van der Waals surface area (Å²) >= 11 is 0. The Hall–Kier alpha value is -3.15. The van der Waals surface area contributed by atoms with Gasteiger partial charge in [0.2, 0.25) is 0 Å². The molecule has 1 saturated heterocycles. The molecule has 1 N–H and O–H groups in total. The molecule has 0 saturated carbocycles. The third-order valence-corrected chi connectivity index (χ3v) is 6.63. The van der Waals surface area contributed by atoms with E-state index in [2.05, 4.69) is 24.3 Å². The Morgan fingerprint density at radius 1 is 0.969 bits per heavy atom. The Kier molecular flexibility index (Phi) is 5.68. The first-order chi connectivity index (χ1) is 15.7. The average Bonchev–Trinajstić information content (AvgIpc) is 3.17. The van der Waals surface area contributed by atoms with E-state index in [0.717, 1.165) is 5.56 Å². The Balaban J connectivity index is 1.36. The summed E-state index contributed by atoms with van der Waals surface area (Å²) in [6.45, 7) is 1.18. The summed E-state index contributed by atoms with van der Waals surface area (Å²) < 4.78 is 11.6. The van der Waals surface area contributed by atoms with Gasteiger partial charge in [0.05, 0.1) is 25.4 Å². The Morgan fingerprint density at radius 2 is 1.59 bits per heavy atom. The monoisotopic (exact) mass is 429 g/mol. The molecule has 1 fully saturated rings. The lowest BCUT2D eigenvalue weighted by atomic mass is 9.89. The van der Waals surface area contributed by atoms with Crippen molar-refractivity contribution in [2.75, 3.05) is 33.0 Å². The minimum atomic E-state index is -0.831. The number of rotatable bonds is 5. The summed E-state index contributed by atoms with van der Waals surface area (Å²) in [5, 5.41) is 10.3. The van der Waals surface area contributed by atoms with Gasteiger partial charge >= 0.3 is 6.09 Å². The second-order valence-corrected chi connectivity index (χ2v) is 8.55. The number of benzene rings is 3. The molecule has 0 radical (unpaired) electrons. The van der Waals surface area contributed by atoms with Crippen molar-refractivity contribution >= 4 is 6.09 Å². The van der Waals surface area contributed by atoms with Gasteiger partial charge in [0.25, 0.3) is 0 Å². The molecule has 5 rings (SSSR count). The number of carbonyl (C=O) groups is 1. The van der Waals surface area contributed by atoms with Gasteiger partial charge < -0.3 is 14.6 Å². The SMILES string of the molecule is O=C(OCC1c2ccccc2-c2ccccc21)N1CCOCC1(CO)Cc1ccccc1. The van der Waals surface area contributed by atoms with Gasteiger partial charge in [0.1, 0.15) is 6.61 Å². The number of fused-ring (bicyclic) bond motifs is 3. The van der Waals surface area contributed by atoms with Crippen molar-refractivity contribution in [2.45, 2.75) is 17.9 Å². The highest BCUT2D eigenvalue weighted by atomic mass is 16.6. The maximum atomic E-state index is 13.3. The normalized spacial score (nSPS) is 20.0. The van der Waals surface area contributed by atoms with Crippen LogP contribution < -0.4 is 0 Å². The fraction of sp³-hybridized carbons (Fsp3) is 0.296. The lowest BCUT2D eigenvalue weighted by Crippen LogP contribution is -2.62. The first-order valence-corrected chi connectivity index (χ1v) is 11.1. The fourth-order valence-corrected chi connectivity index (χ4v) is 5.00. The van der Waals surface area contributed by atoms with E-state index in [1.165, 1.54) is 22.3 Å². The van der Waals surface area contributed by atoms with Crippen LogP contribution in [0.15, 0.2) is 78.9 Å². The summed E-state index contributed by atoms with van der Waals surface area (Å²) in [7, 11) is 0. The summed E-state index contributed by atoms with van der Waals surface area (Å²) in [5.41, 5.74) is 4.97. The highest BCUT2D eigenvalue weighted by Gasteiger charge is 2.43. The molecule has 5 heteroatoms. The van der Waals surface area contributed by atoms with E-state index < -0.39 is 11.6 Å². The van der Waals surface area contributed by atoms with Gasteiger partial charge in [-0.05, 0) is 27.8 Å². The van der Waals surface area contributed by atoms with Crippen LogP contribution in [0.1, 0.15) is 22.6 Å². The summed E-state index contributed by atoms with van der Waals surface area (Å²) in [6, 6.07) is 26.5. The predicted molar refractivity (Wildman–Crippen MR) is 123 cm³/mol. The molecule has 3 aromatic rings. The number of carbonyl (C=O) groups excluding carboxylic acids is 1. The third-order valence-electron chi connectivity index (χ3n) is 6.63. The Labute approximate surface area is 188 Å². The van der Waals surface area contributed by atoms with Crippen molar-refractivity contribution in [3.63, 3.8) is 0 Å². The van der Waals surface area contributed by atoms with Crippen LogP contribution in [0.5, 0.6) is 0 Å². The van der Waals surface area contributed by atoms with Crippen molar-refractivity contribution < 1.29 is 19.4 Å². The topological polar surface area (TPSA) is 59.0 Å². The number of hydrogen-bond acceptors (Lipinski definition) is 4. The summed E-state index contributed by atoms with van der Waals surface area (Å²) in [4.78, 5) is 14.9. The molecule has 1 aliphatic heterocycles. The van der Waals surface area contributed by atoms with Crippen LogP contribution in [0, 0.1) is 0 Å². The number of hydrogen-bond donors (Lipinski definition) is 1. The molecule has 1 amide bonds. The number of ether oxygens (including phenoxy) is 2. The van der Waals surface area contributed by atoms with Gasteiger partial charge in [0, 0.05) is 18.9 Å². The van der Waals surface area contributed by atoms with Crippen molar-refractivity contribution in [2.24, 2.45) is 0 Å². The zero-order valence-electron chi connectivity index (χ0n) is 17.9. The number of amides is 1. The quantitative estimate of drug-likeness (QED) is 0.659. The molecule has 1 atom stereocenters. The molecule has 1 heterocycles. The standard InChI is InChI=1S/C27H27NO4/c29-18-27(16-20-8-2-1-3-9-20)19-31-15-14-28(27)26(30)32-17-25-23-12-6-4-10-21(23)22-11-5-7-13-24(22)25/h1-13,25,29H,14-19H2. The number of aliphatic hydroxyl groups excluding tert-OH is 1. The van der Waals surface area contributed by atoms with E-state index in [1.54, 1.807) is 4.90 Å². The molecule has 164 valence electrons. The van der Waals surface area contributed by atoms with Gasteiger partial charge in [-0.25, -0.2) is 4.79 Å². The van der Waals surface area contributed by atoms with E-state index in [-0.39, 0.29) is 25.7 Å². The molecule has 0 aromatic heterocycles. The predicted octanol–water partition coefficient (Wildman–Crippen LogP) is 4.24. The first kappa shape index (κ1) is 20.7. The van der Waals surface area contributed by atoms with Gasteiger partial charge in [-0.1, -0.05) is 78.9 Å². The van der Waals surface area contributed by atoms with Crippen LogP contribution in [0.4, 0.5) is 4.79 Å². The number of aliphatic hydroxyl groups is 1. The average molecular weight is 430 g/mol. The van der Waals surface area contributed by atoms with E-state index in [0.29, 0.717) is 19.6 Å².